The predicted molar refractivity (Wildman–Crippen MR) is 85.9 cm³/mol. The van der Waals surface area contributed by atoms with Crippen molar-refractivity contribution in [2.45, 2.75) is 24.0 Å². The highest BCUT2D eigenvalue weighted by atomic mass is 32.2. The lowest BCUT2D eigenvalue weighted by Crippen LogP contribution is -2.27. The number of benzene rings is 2. The van der Waals surface area contributed by atoms with Crippen LogP contribution in [0.15, 0.2) is 53.4 Å². The summed E-state index contributed by atoms with van der Waals surface area (Å²) in [6.07, 6.45) is -4.55. The largest absolute Gasteiger partial charge is 0.416 e. The van der Waals surface area contributed by atoms with Gasteiger partial charge in [0.05, 0.1) is 10.5 Å². The second-order valence-corrected chi connectivity index (χ2v) is 7.14. The molecule has 0 aliphatic heterocycles. The maximum atomic E-state index is 12.6. The van der Waals surface area contributed by atoms with Crippen LogP contribution < -0.4 is 10.2 Å². The van der Waals surface area contributed by atoms with Gasteiger partial charge in [-0.05, 0) is 48.9 Å². The van der Waals surface area contributed by atoms with Crippen LogP contribution in [0.1, 0.15) is 34.5 Å². The molecule has 0 aliphatic carbocycles. The van der Waals surface area contributed by atoms with E-state index >= 15 is 0 Å². The Bertz CT molecular complexity index is 879. The van der Waals surface area contributed by atoms with E-state index in [9.17, 15) is 26.4 Å². The molecule has 0 unspecified atom stereocenters. The highest BCUT2D eigenvalue weighted by molar-refractivity contribution is 7.89. The zero-order chi connectivity index (χ0) is 19.5. The van der Waals surface area contributed by atoms with E-state index in [0.29, 0.717) is 17.7 Å². The summed E-state index contributed by atoms with van der Waals surface area (Å²) in [4.78, 5) is 11.0. The second-order valence-electron chi connectivity index (χ2n) is 5.43. The van der Waals surface area contributed by atoms with Crippen molar-refractivity contribution < 1.29 is 31.6 Å². The van der Waals surface area contributed by atoms with Crippen LogP contribution in [0.5, 0.6) is 0 Å². The molecular weight excluding hydrogens is 373 g/mol. The van der Waals surface area contributed by atoms with E-state index in [0.717, 1.165) is 12.1 Å². The summed E-state index contributed by atoms with van der Waals surface area (Å²) >= 11 is 0. The number of rotatable bonds is 5. The van der Waals surface area contributed by atoms with E-state index in [1.54, 1.807) is 6.92 Å². The smallest absolute Gasteiger partial charge is 0.288 e. The average Bonchev–Trinajstić information content (AvgIpc) is 2.60. The van der Waals surface area contributed by atoms with Gasteiger partial charge in [0.2, 0.25) is 10.0 Å². The highest BCUT2D eigenvalue weighted by Crippen LogP contribution is 2.30. The molecule has 0 spiro atoms. The molecule has 0 bridgehead atoms. The van der Waals surface area contributed by atoms with Gasteiger partial charge in [0.15, 0.2) is 0 Å². The summed E-state index contributed by atoms with van der Waals surface area (Å²) in [5.74, 6) is -0.713. The normalized spacial score (nSPS) is 13.3. The molecule has 0 saturated heterocycles. The number of nitrogens with one attached hydrogen (secondary N) is 2. The maximum absolute atomic E-state index is 12.6. The Morgan fingerprint density at radius 3 is 2.04 bits per heavy atom. The zero-order valence-corrected chi connectivity index (χ0v) is 14.2. The first-order chi connectivity index (χ1) is 12.0. The van der Waals surface area contributed by atoms with E-state index < -0.39 is 33.7 Å². The number of hydrogen-bond acceptors (Lipinski definition) is 4. The molecule has 6 nitrogen and oxygen atoms in total. The number of halogens is 3. The van der Waals surface area contributed by atoms with Crippen molar-refractivity contribution in [3.63, 3.8) is 0 Å². The number of alkyl halides is 3. The molecule has 10 heteroatoms. The summed E-state index contributed by atoms with van der Waals surface area (Å²) < 4.78 is 64.6. The third kappa shape index (κ3) is 4.59. The standard InChI is InChI=1S/C16H15F3N2O4S/c1-10(11-2-4-12(5-3-11)15(22)20-23)21-26(24,25)14-8-6-13(7-9-14)16(17,18)19/h2-10,21,23H,1H3,(H,20,22)/t10-/m1/s1. The topological polar surface area (TPSA) is 95.5 Å². The lowest BCUT2D eigenvalue weighted by Gasteiger charge is -2.15. The van der Waals surface area contributed by atoms with E-state index in [1.165, 1.54) is 29.7 Å². The molecule has 1 atom stereocenters. The van der Waals surface area contributed by atoms with Crippen molar-refractivity contribution in [1.82, 2.24) is 10.2 Å². The number of sulfonamides is 1. The van der Waals surface area contributed by atoms with Gasteiger partial charge in [-0.25, -0.2) is 18.6 Å². The van der Waals surface area contributed by atoms with Gasteiger partial charge in [-0.2, -0.15) is 13.2 Å². The van der Waals surface area contributed by atoms with Crippen LogP contribution in [0, 0.1) is 0 Å². The molecule has 1 amide bonds. The van der Waals surface area contributed by atoms with Crippen LogP contribution in [-0.2, 0) is 16.2 Å². The molecule has 3 N–H and O–H groups in total. The average molecular weight is 388 g/mol. The van der Waals surface area contributed by atoms with Crippen molar-refractivity contribution in [2.75, 3.05) is 0 Å². The quantitative estimate of drug-likeness (QED) is 0.542. The summed E-state index contributed by atoms with van der Waals surface area (Å²) in [6.45, 7) is 1.54. The number of hydroxylamine groups is 1. The summed E-state index contributed by atoms with van der Waals surface area (Å²) in [7, 11) is -4.04. The molecule has 2 aromatic rings. The number of carbonyl (C=O) groups excluding carboxylic acids is 1. The Morgan fingerprint density at radius 2 is 1.58 bits per heavy atom. The van der Waals surface area contributed by atoms with Crippen molar-refractivity contribution in [1.29, 1.82) is 0 Å². The van der Waals surface area contributed by atoms with Gasteiger partial charge in [0, 0.05) is 11.6 Å². The van der Waals surface area contributed by atoms with Gasteiger partial charge in [0.1, 0.15) is 0 Å². The van der Waals surface area contributed by atoms with Crippen LogP contribution in [0.3, 0.4) is 0 Å². The van der Waals surface area contributed by atoms with E-state index in [2.05, 4.69) is 4.72 Å². The van der Waals surface area contributed by atoms with E-state index in [4.69, 9.17) is 5.21 Å². The number of hydrogen-bond donors (Lipinski definition) is 3. The molecule has 0 fully saturated rings. The fraction of sp³-hybridized carbons (Fsp3) is 0.188. The molecule has 0 heterocycles. The number of carbonyl (C=O) groups is 1. The fourth-order valence-corrected chi connectivity index (χ4v) is 3.41. The van der Waals surface area contributed by atoms with Crippen molar-refractivity contribution in [3.8, 4) is 0 Å². The molecule has 0 radical (unpaired) electrons. The highest BCUT2D eigenvalue weighted by Gasteiger charge is 2.30. The van der Waals surface area contributed by atoms with Crippen molar-refractivity contribution in [3.05, 3.63) is 65.2 Å². The van der Waals surface area contributed by atoms with Crippen LogP contribution >= 0.6 is 0 Å². The molecule has 26 heavy (non-hydrogen) atoms. The third-order valence-electron chi connectivity index (χ3n) is 3.60. The van der Waals surface area contributed by atoms with E-state index in [-0.39, 0.29) is 10.5 Å². The SMILES string of the molecule is C[C@@H](NS(=O)(=O)c1ccc(C(F)(F)F)cc1)c1ccc(C(=O)NO)cc1. The van der Waals surface area contributed by atoms with Crippen LogP contribution in [-0.4, -0.2) is 19.5 Å². The van der Waals surface area contributed by atoms with Crippen LogP contribution in [0.2, 0.25) is 0 Å². The first kappa shape index (κ1) is 19.9. The molecule has 0 saturated carbocycles. The maximum Gasteiger partial charge on any atom is 0.416 e. The van der Waals surface area contributed by atoms with Gasteiger partial charge in [-0.1, -0.05) is 12.1 Å². The fourth-order valence-electron chi connectivity index (χ4n) is 2.18. The van der Waals surface area contributed by atoms with Crippen molar-refractivity contribution >= 4 is 15.9 Å². The Hall–Kier alpha value is -2.43. The molecular formula is C16H15F3N2O4S. The van der Waals surface area contributed by atoms with Gasteiger partial charge in [-0.15, -0.1) is 0 Å². The summed E-state index contributed by atoms with van der Waals surface area (Å²) in [6, 6.07) is 8.22. The molecule has 0 aliphatic rings. The summed E-state index contributed by atoms with van der Waals surface area (Å²) in [5.41, 5.74) is 1.23. The second kappa shape index (κ2) is 7.44. The minimum absolute atomic E-state index is 0.175. The first-order valence-corrected chi connectivity index (χ1v) is 8.77. The van der Waals surface area contributed by atoms with Gasteiger partial charge < -0.3 is 0 Å². The van der Waals surface area contributed by atoms with Crippen LogP contribution in [0.25, 0.3) is 0 Å². The monoisotopic (exact) mass is 388 g/mol. The predicted octanol–water partition coefficient (Wildman–Crippen LogP) is 2.86. The molecule has 140 valence electrons. The minimum Gasteiger partial charge on any atom is -0.288 e. The van der Waals surface area contributed by atoms with Gasteiger partial charge >= 0.3 is 6.18 Å². The minimum atomic E-state index is -4.55. The Balaban J connectivity index is 2.16. The Kier molecular flexibility index (Phi) is 5.69. The lowest BCUT2D eigenvalue weighted by molar-refractivity contribution is -0.137. The van der Waals surface area contributed by atoms with Gasteiger partial charge in [0.25, 0.3) is 5.91 Å². The Morgan fingerprint density at radius 1 is 1.04 bits per heavy atom. The first-order valence-electron chi connectivity index (χ1n) is 7.28. The zero-order valence-electron chi connectivity index (χ0n) is 13.4. The van der Waals surface area contributed by atoms with E-state index in [1.807, 2.05) is 0 Å². The number of amides is 1. The van der Waals surface area contributed by atoms with Crippen molar-refractivity contribution in [2.24, 2.45) is 0 Å². The third-order valence-corrected chi connectivity index (χ3v) is 5.15. The lowest BCUT2D eigenvalue weighted by atomic mass is 10.1. The van der Waals surface area contributed by atoms with Gasteiger partial charge in [-0.3, -0.25) is 10.0 Å². The Labute approximate surface area is 147 Å². The summed E-state index contributed by atoms with van der Waals surface area (Å²) in [5, 5.41) is 8.55. The molecule has 2 aromatic carbocycles. The molecule has 2 rings (SSSR count). The molecule has 0 aromatic heterocycles. The van der Waals surface area contributed by atoms with Crippen LogP contribution in [0.4, 0.5) is 13.2 Å².